The fourth-order valence-electron chi connectivity index (χ4n) is 2.86. The van der Waals surface area contributed by atoms with Crippen LogP contribution in [-0.2, 0) is 6.54 Å². The van der Waals surface area contributed by atoms with E-state index < -0.39 is 6.16 Å². The molecule has 2 heterocycles. The van der Waals surface area contributed by atoms with Crippen LogP contribution in [0.2, 0.25) is 0 Å². The molecule has 4 aromatic rings. The van der Waals surface area contributed by atoms with Crippen LogP contribution in [0, 0.1) is 0 Å². The van der Waals surface area contributed by atoms with E-state index in [9.17, 15) is 4.79 Å². The van der Waals surface area contributed by atoms with Crippen molar-refractivity contribution in [3.05, 3.63) is 66.2 Å². The number of para-hydroxylation sites is 1. The number of ether oxygens (including phenoxy) is 1. The standard InChI is InChI=1S/C18H13NO3S/c20-18(21)22-16-10-14-13-8-4-5-9-15(13)19(17(14)23-16)11-12-6-2-1-3-7-12/h1-10H,11H2,(H,20,21). The molecule has 2 aromatic carbocycles. The molecule has 0 unspecified atom stereocenters. The summed E-state index contributed by atoms with van der Waals surface area (Å²) in [7, 11) is 0. The minimum Gasteiger partial charge on any atom is -0.449 e. The minimum atomic E-state index is -1.28. The summed E-state index contributed by atoms with van der Waals surface area (Å²) in [4.78, 5) is 11.8. The Labute approximate surface area is 136 Å². The van der Waals surface area contributed by atoms with Crippen molar-refractivity contribution in [2.24, 2.45) is 0 Å². The van der Waals surface area contributed by atoms with Gasteiger partial charge in [0, 0.05) is 23.4 Å². The minimum absolute atomic E-state index is 0.398. The molecule has 0 spiro atoms. The summed E-state index contributed by atoms with van der Waals surface area (Å²) in [6, 6.07) is 20.2. The SMILES string of the molecule is O=C(O)Oc1cc2c3ccccc3n(Cc3ccccc3)c2s1. The zero-order valence-corrected chi connectivity index (χ0v) is 12.9. The summed E-state index contributed by atoms with van der Waals surface area (Å²) in [6.45, 7) is 0.734. The van der Waals surface area contributed by atoms with E-state index in [1.54, 1.807) is 6.07 Å². The molecule has 0 amide bonds. The van der Waals surface area contributed by atoms with Crippen LogP contribution in [0.4, 0.5) is 4.79 Å². The monoisotopic (exact) mass is 323 g/mol. The molecule has 114 valence electrons. The van der Waals surface area contributed by atoms with Gasteiger partial charge in [-0.05, 0) is 11.6 Å². The van der Waals surface area contributed by atoms with Crippen molar-refractivity contribution in [1.82, 2.24) is 4.57 Å². The molecule has 2 aromatic heterocycles. The van der Waals surface area contributed by atoms with Crippen LogP contribution in [-0.4, -0.2) is 15.8 Å². The number of rotatable bonds is 3. The average molecular weight is 323 g/mol. The third-order valence-corrected chi connectivity index (χ3v) is 4.83. The second-order valence-electron chi connectivity index (χ2n) is 5.24. The summed E-state index contributed by atoms with van der Waals surface area (Å²) in [6.07, 6.45) is -1.28. The van der Waals surface area contributed by atoms with Crippen LogP contribution in [0.3, 0.4) is 0 Å². The Morgan fingerprint density at radius 2 is 1.78 bits per heavy atom. The molecule has 0 saturated carbocycles. The molecule has 4 nitrogen and oxygen atoms in total. The van der Waals surface area contributed by atoms with E-state index in [1.807, 2.05) is 30.3 Å². The highest BCUT2D eigenvalue weighted by molar-refractivity contribution is 7.20. The van der Waals surface area contributed by atoms with Gasteiger partial charge in [0.1, 0.15) is 4.83 Å². The van der Waals surface area contributed by atoms with Gasteiger partial charge in [-0.3, -0.25) is 0 Å². The van der Waals surface area contributed by atoms with Crippen LogP contribution in [0.5, 0.6) is 5.06 Å². The van der Waals surface area contributed by atoms with E-state index in [4.69, 9.17) is 9.84 Å². The number of hydrogen-bond donors (Lipinski definition) is 1. The molecule has 0 bridgehead atoms. The molecule has 0 fully saturated rings. The summed E-state index contributed by atoms with van der Waals surface area (Å²) < 4.78 is 7.04. The Bertz CT molecular complexity index is 1000. The Balaban J connectivity index is 1.91. The molecule has 0 atom stereocenters. The molecule has 0 aliphatic rings. The van der Waals surface area contributed by atoms with Crippen molar-refractivity contribution in [3.8, 4) is 5.06 Å². The quantitative estimate of drug-likeness (QED) is 0.542. The van der Waals surface area contributed by atoms with Crippen molar-refractivity contribution >= 4 is 38.6 Å². The Kier molecular flexibility index (Phi) is 3.28. The van der Waals surface area contributed by atoms with E-state index in [2.05, 4.69) is 28.8 Å². The lowest BCUT2D eigenvalue weighted by molar-refractivity contribution is 0.146. The zero-order valence-electron chi connectivity index (χ0n) is 12.1. The van der Waals surface area contributed by atoms with Gasteiger partial charge in [0.05, 0.1) is 5.52 Å². The van der Waals surface area contributed by atoms with E-state index in [-0.39, 0.29) is 0 Å². The van der Waals surface area contributed by atoms with Gasteiger partial charge in [-0.2, -0.15) is 0 Å². The summed E-state index contributed by atoms with van der Waals surface area (Å²) >= 11 is 1.36. The molecule has 5 heteroatoms. The molecule has 0 aliphatic heterocycles. The first kappa shape index (κ1) is 13.8. The number of carboxylic acid groups (broad SMARTS) is 1. The molecular weight excluding hydrogens is 310 g/mol. The lowest BCUT2D eigenvalue weighted by Gasteiger charge is -2.06. The molecule has 4 rings (SSSR count). The van der Waals surface area contributed by atoms with Gasteiger partial charge < -0.3 is 14.4 Å². The topological polar surface area (TPSA) is 51.5 Å². The molecule has 0 saturated heterocycles. The van der Waals surface area contributed by atoms with Crippen molar-refractivity contribution in [2.45, 2.75) is 6.54 Å². The number of nitrogens with zero attached hydrogens (tertiary/aromatic N) is 1. The van der Waals surface area contributed by atoms with Crippen molar-refractivity contribution in [3.63, 3.8) is 0 Å². The van der Waals surface area contributed by atoms with E-state index in [0.29, 0.717) is 5.06 Å². The average Bonchev–Trinajstić information content (AvgIpc) is 3.07. The van der Waals surface area contributed by atoms with Gasteiger partial charge in [-0.1, -0.05) is 59.9 Å². The lowest BCUT2D eigenvalue weighted by Crippen LogP contribution is -2.01. The maximum atomic E-state index is 10.8. The Hall–Kier alpha value is -2.79. The highest BCUT2D eigenvalue weighted by atomic mass is 32.1. The predicted octanol–water partition coefficient (Wildman–Crippen LogP) is 4.96. The molecular formula is C18H13NO3S. The van der Waals surface area contributed by atoms with Crippen LogP contribution >= 0.6 is 11.3 Å². The van der Waals surface area contributed by atoms with Crippen LogP contribution in [0.25, 0.3) is 21.1 Å². The normalized spacial score (nSPS) is 11.1. The van der Waals surface area contributed by atoms with Gasteiger partial charge in [0.2, 0.25) is 0 Å². The predicted molar refractivity (Wildman–Crippen MR) is 91.5 cm³/mol. The largest absolute Gasteiger partial charge is 0.512 e. The maximum absolute atomic E-state index is 10.8. The van der Waals surface area contributed by atoms with E-state index in [1.165, 1.54) is 16.9 Å². The first-order chi connectivity index (χ1) is 11.2. The number of carbonyl (C=O) groups is 1. The van der Waals surface area contributed by atoms with Gasteiger partial charge in [-0.25, -0.2) is 4.79 Å². The first-order valence-corrected chi connectivity index (χ1v) is 7.99. The third kappa shape index (κ3) is 2.45. The number of thiophene rings is 1. The van der Waals surface area contributed by atoms with Crippen LogP contribution < -0.4 is 4.74 Å². The number of benzene rings is 2. The second-order valence-corrected chi connectivity index (χ2v) is 6.23. The summed E-state index contributed by atoms with van der Waals surface area (Å²) in [5, 5.41) is 11.4. The van der Waals surface area contributed by atoms with Crippen molar-refractivity contribution in [2.75, 3.05) is 0 Å². The smallest absolute Gasteiger partial charge is 0.449 e. The van der Waals surface area contributed by atoms with Gasteiger partial charge in [0.25, 0.3) is 0 Å². The lowest BCUT2D eigenvalue weighted by atomic mass is 10.2. The van der Waals surface area contributed by atoms with Crippen LogP contribution in [0.1, 0.15) is 5.56 Å². The van der Waals surface area contributed by atoms with Gasteiger partial charge in [-0.15, -0.1) is 0 Å². The molecule has 0 radical (unpaired) electrons. The molecule has 1 N–H and O–H groups in total. The number of hydrogen-bond acceptors (Lipinski definition) is 3. The number of fused-ring (bicyclic) bond motifs is 3. The van der Waals surface area contributed by atoms with Crippen molar-refractivity contribution < 1.29 is 14.6 Å². The van der Waals surface area contributed by atoms with Crippen molar-refractivity contribution in [1.29, 1.82) is 0 Å². The first-order valence-electron chi connectivity index (χ1n) is 7.18. The fourth-order valence-corrected chi connectivity index (χ4v) is 3.89. The summed E-state index contributed by atoms with van der Waals surface area (Å²) in [5.41, 5.74) is 2.34. The Morgan fingerprint density at radius 1 is 1.04 bits per heavy atom. The number of aromatic nitrogens is 1. The van der Waals surface area contributed by atoms with Gasteiger partial charge >= 0.3 is 6.16 Å². The highest BCUT2D eigenvalue weighted by Crippen LogP contribution is 2.39. The zero-order chi connectivity index (χ0) is 15.8. The summed E-state index contributed by atoms with van der Waals surface area (Å²) in [5.74, 6) is 0. The van der Waals surface area contributed by atoms with E-state index in [0.717, 1.165) is 27.7 Å². The van der Waals surface area contributed by atoms with E-state index >= 15 is 0 Å². The Morgan fingerprint density at radius 3 is 2.57 bits per heavy atom. The molecule has 23 heavy (non-hydrogen) atoms. The second kappa shape index (κ2) is 5.44. The maximum Gasteiger partial charge on any atom is 0.512 e. The highest BCUT2D eigenvalue weighted by Gasteiger charge is 2.16. The van der Waals surface area contributed by atoms with Crippen LogP contribution in [0.15, 0.2) is 60.7 Å². The van der Waals surface area contributed by atoms with Gasteiger partial charge in [0.15, 0.2) is 5.06 Å². The fraction of sp³-hybridized carbons (Fsp3) is 0.0556. The molecule has 0 aliphatic carbocycles. The third-order valence-electron chi connectivity index (χ3n) is 3.79.